The zero-order valence-electron chi connectivity index (χ0n) is 17.8. The summed E-state index contributed by atoms with van der Waals surface area (Å²) in [5, 5.41) is 8.13. The molecule has 1 aromatic rings. The molecule has 1 aromatic heterocycles. The summed E-state index contributed by atoms with van der Waals surface area (Å²) in [5.74, 6) is 1.56. The van der Waals surface area contributed by atoms with Crippen LogP contribution in [0, 0.1) is 5.92 Å². The van der Waals surface area contributed by atoms with Gasteiger partial charge in [-0.25, -0.2) is 4.99 Å². The summed E-state index contributed by atoms with van der Waals surface area (Å²) in [6.45, 7) is 12.2. The van der Waals surface area contributed by atoms with Crippen molar-refractivity contribution in [3.63, 3.8) is 0 Å². The molecule has 7 nitrogen and oxygen atoms in total. The first-order valence-electron chi connectivity index (χ1n) is 10.3. The van der Waals surface area contributed by atoms with Crippen LogP contribution in [-0.4, -0.2) is 67.2 Å². The number of methoxy groups -OCH3 is 1. The molecule has 27 heavy (non-hydrogen) atoms. The Labute approximate surface area is 164 Å². The van der Waals surface area contributed by atoms with E-state index in [1.807, 2.05) is 11.7 Å². The van der Waals surface area contributed by atoms with E-state index in [2.05, 4.69) is 36.1 Å². The number of nitrogens with zero attached hydrogens (tertiary/aromatic N) is 4. The monoisotopic (exact) mass is 379 g/mol. The second-order valence-corrected chi connectivity index (χ2v) is 7.04. The van der Waals surface area contributed by atoms with Gasteiger partial charge in [-0.2, -0.15) is 5.10 Å². The van der Waals surface area contributed by atoms with Gasteiger partial charge in [-0.3, -0.25) is 4.68 Å². The number of rotatable bonds is 10. The molecular weight excluding hydrogens is 342 g/mol. The molecule has 154 valence electrons. The summed E-state index contributed by atoms with van der Waals surface area (Å²) in [4.78, 5) is 7.32. The van der Waals surface area contributed by atoms with E-state index in [-0.39, 0.29) is 0 Å². The van der Waals surface area contributed by atoms with Crippen LogP contribution in [0.5, 0.6) is 0 Å². The number of aromatic nitrogens is 2. The molecule has 1 saturated heterocycles. The maximum absolute atomic E-state index is 5.72. The predicted octanol–water partition coefficient (Wildman–Crippen LogP) is 2.00. The minimum Gasteiger partial charge on any atom is -0.382 e. The Morgan fingerprint density at radius 1 is 1.26 bits per heavy atom. The summed E-state index contributed by atoms with van der Waals surface area (Å²) in [6, 6.07) is 0. The molecule has 0 aliphatic carbocycles. The first-order valence-corrected chi connectivity index (χ1v) is 10.3. The van der Waals surface area contributed by atoms with E-state index in [9.17, 15) is 0 Å². The fraction of sp³-hybridized carbons (Fsp3) is 0.800. The first kappa shape index (κ1) is 21.7. The van der Waals surface area contributed by atoms with Gasteiger partial charge in [0.25, 0.3) is 0 Å². The molecular formula is C20H37N5O2. The van der Waals surface area contributed by atoms with Gasteiger partial charge in [0.1, 0.15) is 0 Å². The minimum atomic E-state index is 0.557. The number of guanidine groups is 1. The van der Waals surface area contributed by atoms with Crippen LogP contribution in [0.25, 0.3) is 0 Å². The molecule has 1 fully saturated rings. The smallest absolute Gasteiger partial charge is 0.194 e. The Bertz CT molecular complexity index is 599. The van der Waals surface area contributed by atoms with Crippen molar-refractivity contribution in [3.05, 3.63) is 17.0 Å². The van der Waals surface area contributed by atoms with Crippen LogP contribution in [0.2, 0.25) is 0 Å². The molecule has 1 N–H and O–H groups in total. The molecule has 0 aromatic carbocycles. The molecule has 7 heteroatoms. The van der Waals surface area contributed by atoms with Crippen LogP contribution in [0.1, 0.15) is 44.1 Å². The van der Waals surface area contributed by atoms with Crippen molar-refractivity contribution in [2.24, 2.45) is 18.0 Å². The van der Waals surface area contributed by atoms with Gasteiger partial charge >= 0.3 is 0 Å². The number of ether oxygens (including phenoxy) is 2. The second-order valence-electron chi connectivity index (χ2n) is 7.04. The molecule has 2 heterocycles. The van der Waals surface area contributed by atoms with Crippen molar-refractivity contribution in [1.82, 2.24) is 20.0 Å². The van der Waals surface area contributed by atoms with Crippen molar-refractivity contribution in [2.75, 3.05) is 46.6 Å². The predicted molar refractivity (Wildman–Crippen MR) is 109 cm³/mol. The first-order chi connectivity index (χ1) is 13.1. The molecule has 1 aliphatic rings. The largest absolute Gasteiger partial charge is 0.382 e. The van der Waals surface area contributed by atoms with Crippen LogP contribution in [-0.2, 0) is 35.9 Å². The lowest BCUT2D eigenvalue weighted by atomic mass is 10.1. The summed E-state index contributed by atoms with van der Waals surface area (Å²) in [6.07, 6.45) is 3.07. The highest BCUT2D eigenvalue weighted by Crippen LogP contribution is 2.19. The number of aliphatic imine (C=N–C) groups is 1. The van der Waals surface area contributed by atoms with Gasteiger partial charge in [-0.05, 0) is 26.2 Å². The van der Waals surface area contributed by atoms with Gasteiger partial charge in [-0.15, -0.1) is 0 Å². The Morgan fingerprint density at radius 3 is 2.74 bits per heavy atom. The average molecular weight is 380 g/mol. The van der Waals surface area contributed by atoms with Crippen LogP contribution >= 0.6 is 0 Å². The molecule has 0 saturated carbocycles. The Morgan fingerprint density at radius 2 is 2.07 bits per heavy atom. The zero-order chi connectivity index (χ0) is 19.6. The summed E-state index contributed by atoms with van der Waals surface area (Å²) < 4.78 is 12.8. The quantitative estimate of drug-likeness (QED) is 0.383. The maximum atomic E-state index is 5.72. The molecule has 2 rings (SSSR count). The summed E-state index contributed by atoms with van der Waals surface area (Å²) >= 11 is 0. The van der Waals surface area contributed by atoms with E-state index in [1.165, 1.54) is 17.0 Å². The second kappa shape index (κ2) is 11.3. The van der Waals surface area contributed by atoms with Crippen LogP contribution in [0.3, 0.4) is 0 Å². The topological polar surface area (TPSA) is 63.9 Å². The Hall–Kier alpha value is -1.60. The number of nitrogens with one attached hydrogen (secondary N) is 1. The normalized spacial score (nSPS) is 17.7. The molecule has 0 bridgehead atoms. The van der Waals surface area contributed by atoms with Gasteiger partial charge < -0.3 is 19.7 Å². The fourth-order valence-electron chi connectivity index (χ4n) is 3.71. The van der Waals surface area contributed by atoms with Crippen LogP contribution in [0.4, 0.5) is 0 Å². The lowest BCUT2D eigenvalue weighted by molar-refractivity contribution is 0.0536. The van der Waals surface area contributed by atoms with Crippen molar-refractivity contribution >= 4 is 5.96 Å². The zero-order valence-corrected chi connectivity index (χ0v) is 17.8. The van der Waals surface area contributed by atoms with E-state index in [1.54, 1.807) is 7.11 Å². The Kier molecular flexibility index (Phi) is 9.07. The van der Waals surface area contributed by atoms with E-state index in [0.717, 1.165) is 51.5 Å². The van der Waals surface area contributed by atoms with E-state index in [4.69, 9.17) is 14.5 Å². The number of aryl methyl sites for hydroxylation is 2. The van der Waals surface area contributed by atoms with E-state index in [0.29, 0.717) is 25.7 Å². The standard InChI is InChI=1S/C20H37N5O2/c1-6-18-17(19(7-2)24(4)23-18)13-22-20(21-8-3)25-10-9-16(14-25)15-27-12-11-26-5/h16H,6-15H2,1-5H3,(H,21,22). The van der Waals surface area contributed by atoms with Gasteiger partial charge in [-0.1, -0.05) is 13.8 Å². The third kappa shape index (κ3) is 5.94. The van der Waals surface area contributed by atoms with Crippen molar-refractivity contribution in [2.45, 2.75) is 46.6 Å². The number of hydrogen-bond donors (Lipinski definition) is 1. The number of hydrogen-bond acceptors (Lipinski definition) is 4. The fourth-order valence-corrected chi connectivity index (χ4v) is 3.71. The van der Waals surface area contributed by atoms with Crippen molar-refractivity contribution in [1.29, 1.82) is 0 Å². The minimum absolute atomic E-state index is 0.557. The van der Waals surface area contributed by atoms with Crippen molar-refractivity contribution in [3.8, 4) is 0 Å². The highest BCUT2D eigenvalue weighted by molar-refractivity contribution is 5.80. The molecule has 0 spiro atoms. The third-order valence-electron chi connectivity index (χ3n) is 5.12. The maximum Gasteiger partial charge on any atom is 0.194 e. The van der Waals surface area contributed by atoms with Crippen molar-refractivity contribution < 1.29 is 9.47 Å². The van der Waals surface area contributed by atoms with Gasteiger partial charge in [0.15, 0.2) is 5.96 Å². The lowest BCUT2D eigenvalue weighted by Gasteiger charge is -2.22. The van der Waals surface area contributed by atoms with Gasteiger partial charge in [0, 0.05) is 51.0 Å². The SMILES string of the molecule is CCNC(=NCc1c(CC)nn(C)c1CC)N1CCC(COCCOC)C1. The summed E-state index contributed by atoms with van der Waals surface area (Å²) in [5.41, 5.74) is 3.74. The third-order valence-corrected chi connectivity index (χ3v) is 5.12. The molecule has 1 atom stereocenters. The van der Waals surface area contributed by atoms with E-state index < -0.39 is 0 Å². The van der Waals surface area contributed by atoms with Crippen LogP contribution in [0.15, 0.2) is 4.99 Å². The van der Waals surface area contributed by atoms with E-state index >= 15 is 0 Å². The molecule has 0 radical (unpaired) electrons. The average Bonchev–Trinajstić information content (AvgIpc) is 3.26. The highest BCUT2D eigenvalue weighted by atomic mass is 16.5. The molecule has 0 amide bonds. The van der Waals surface area contributed by atoms with Gasteiger partial charge in [0.05, 0.1) is 32.1 Å². The summed E-state index contributed by atoms with van der Waals surface area (Å²) in [7, 11) is 3.74. The number of likely N-dealkylation sites (tertiary alicyclic amines) is 1. The lowest BCUT2D eigenvalue weighted by Crippen LogP contribution is -2.40. The molecule has 1 aliphatic heterocycles. The Balaban J connectivity index is 2.01. The molecule has 1 unspecified atom stereocenters. The van der Waals surface area contributed by atoms with Gasteiger partial charge in [0.2, 0.25) is 0 Å². The highest BCUT2D eigenvalue weighted by Gasteiger charge is 2.25. The van der Waals surface area contributed by atoms with Crippen LogP contribution < -0.4 is 5.32 Å².